The second-order valence-electron chi connectivity index (χ2n) is 4.69. The van der Waals surface area contributed by atoms with E-state index in [1.165, 1.54) is 11.3 Å². The lowest BCUT2D eigenvalue weighted by atomic mass is 10.1. The third kappa shape index (κ3) is 1.93. The lowest BCUT2D eigenvalue weighted by Crippen LogP contribution is -2.06. The summed E-state index contributed by atoms with van der Waals surface area (Å²) in [6.07, 6.45) is 0. The number of hydrogen-bond donors (Lipinski definition) is 0. The van der Waals surface area contributed by atoms with Crippen molar-refractivity contribution >= 4 is 55.5 Å². The van der Waals surface area contributed by atoms with E-state index in [0.29, 0.717) is 15.3 Å². The number of hydrogen-bond acceptors (Lipinski definition) is 3. The van der Waals surface area contributed by atoms with Crippen LogP contribution in [0.4, 0.5) is 0 Å². The second-order valence-corrected chi connectivity index (χ2v) is 6.56. The summed E-state index contributed by atoms with van der Waals surface area (Å²) in [5.74, 6) is 0. The maximum absolute atomic E-state index is 12.4. The summed E-state index contributed by atoms with van der Waals surface area (Å²) in [6, 6.07) is 13.0. The van der Waals surface area contributed by atoms with Gasteiger partial charge in [0.25, 0.3) is 0 Å². The van der Waals surface area contributed by atoms with Crippen LogP contribution in [0.1, 0.15) is 0 Å². The van der Waals surface area contributed by atoms with E-state index in [1.807, 2.05) is 24.3 Å². The second kappa shape index (κ2) is 4.67. The van der Waals surface area contributed by atoms with Gasteiger partial charge in [0.15, 0.2) is 0 Å². The Labute approximate surface area is 133 Å². The van der Waals surface area contributed by atoms with Crippen molar-refractivity contribution in [2.45, 2.75) is 0 Å². The molecule has 0 saturated heterocycles. The van der Waals surface area contributed by atoms with Gasteiger partial charge in [0.2, 0.25) is 5.43 Å². The number of para-hydroxylation sites is 1. The van der Waals surface area contributed by atoms with Crippen LogP contribution in [-0.4, -0.2) is 4.98 Å². The number of aromatic nitrogens is 1. The highest BCUT2D eigenvalue weighted by Gasteiger charge is 2.19. The van der Waals surface area contributed by atoms with Crippen molar-refractivity contribution in [3.8, 4) is 10.6 Å². The Kier molecular flexibility index (Phi) is 2.89. The fourth-order valence-corrected chi connectivity index (χ4v) is 3.93. The van der Waals surface area contributed by atoms with E-state index in [0.717, 1.165) is 21.3 Å². The summed E-state index contributed by atoms with van der Waals surface area (Å²) in [6.45, 7) is 0. The summed E-state index contributed by atoms with van der Waals surface area (Å²) in [5, 5.41) is 2.09. The van der Waals surface area contributed by atoms with Crippen LogP contribution in [0.3, 0.4) is 0 Å². The van der Waals surface area contributed by atoms with Gasteiger partial charge in [0.05, 0.1) is 20.8 Å². The van der Waals surface area contributed by atoms with E-state index < -0.39 is 0 Å². The molecule has 0 N–H and O–H groups in total. The maximum atomic E-state index is 12.4. The number of rotatable bonds is 0. The molecule has 0 radical (unpaired) electrons. The standard InChI is InChI=1S/C16H7Cl2NOS/c17-8-5-6-9-10(7-8)14-16(13(18)15(9)20)21-12-4-2-1-3-11(12)19-14/h1-7H. The predicted octanol–water partition coefficient (Wildman–Crippen LogP) is 5.22. The first kappa shape index (κ1) is 13.0. The molecular weight excluding hydrogens is 325 g/mol. The van der Waals surface area contributed by atoms with Gasteiger partial charge in [0, 0.05) is 15.8 Å². The lowest BCUT2D eigenvalue weighted by Gasteiger charge is -2.11. The molecule has 2 aromatic carbocycles. The van der Waals surface area contributed by atoms with E-state index in [1.54, 1.807) is 18.2 Å². The third-order valence-electron chi connectivity index (χ3n) is 3.40. The zero-order valence-corrected chi connectivity index (χ0v) is 12.9. The zero-order valence-electron chi connectivity index (χ0n) is 10.6. The summed E-state index contributed by atoms with van der Waals surface area (Å²) < 4.78 is 0.993. The Hall–Kier alpha value is -1.68. The van der Waals surface area contributed by atoms with Crippen molar-refractivity contribution in [2.75, 3.05) is 0 Å². The van der Waals surface area contributed by atoms with Gasteiger partial charge < -0.3 is 0 Å². The summed E-state index contributed by atoms with van der Waals surface area (Å²) in [4.78, 5) is 17.8. The van der Waals surface area contributed by atoms with Gasteiger partial charge >= 0.3 is 0 Å². The molecule has 1 aliphatic carbocycles. The lowest BCUT2D eigenvalue weighted by molar-refractivity contribution is 1.44. The molecule has 0 bridgehead atoms. The van der Waals surface area contributed by atoms with Crippen molar-refractivity contribution in [1.29, 1.82) is 0 Å². The molecule has 4 rings (SSSR count). The molecule has 5 heteroatoms. The van der Waals surface area contributed by atoms with Crippen LogP contribution in [0.5, 0.6) is 0 Å². The minimum Gasteiger partial charge on any atom is -0.288 e. The average Bonchev–Trinajstić information content (AvgIpc) is 2.51. The molecule has 0 fully saturated rings. The van der Waals surface area contributed by atoms with Crippen molar-refractivity contribution in [1.82, 2.24) is 4.98 Å². The van der Waals surface area contributed by atoms with E-state index in [4.69, 9.17) is 23.2 Å². The molecule has 0 spiro atoms. The largest absolute Gasteiger partial charge is 0.288 e. The van der Waals surface area contributed by atoms with Gasteiger partial charge in [-0.2, -0.15) is 0 Å². The van der Waals surface area contributed by atoms with Crippen LogP contribution in [0, 0.1) is 0 Å². The van der Waals surface area contributed by atoms with Crippen LogP contribution < -0.4 is 5.43 Å². The minimum absolute atomic E-state index is 0.177. The highest BCUT2D eigenvalue weighted by molar-refractivity contribution is 7.22. The smallest absolute Gasteiger partial charge is 0.206 e. The predicted molar refractivity (Wildman–Crippen MR) is 90.0 cm³/mol. The quantitative estimate of drug-likeness (QED) is 0.326. The molecule has 1 heterocycles. The monoisotopic (exact) mass is 331 g/mol. The number of fused-ring (bicyclic) bond motifs is 4. The third-order valence-corrected chi connectivity index (χ3v) is 5.28. The first-order valence-electron chi connectivity index (χ1n) is 6.25. The molecule has 2 aliphatic rings. The number of benzene rings is 3. The van der Waals surface area contributed by atoms with E-state index >= 15 is 0 Å². The van der Waals surface area contributed by atoms with Crippen molar-refractivity contribution in [2.24, 2.45) is 0 Å². The molecule has 21 heavy (non-hydrogen) atoms. The normalized spacial score (nSPS) is 11.5. The SMILES string of the molecule is O=c1c(Cl)c2sc3ccccc3nc-2c2cc(Cl)ccc12. The highest BCUT2D eigenvalue weighted by atomic mass is 35.5. The van der Waals surface area contributed by atoms with Gasteiger partial charge in [0.1, 0.15) is 5.02 Å². The molecule has 0 aromatic heterocycles. The molecular formula is C16H7Cl2NOS. The Morgan fingerprint density at radius 1 is 1.00 bits per heavy atom. The number of halogens is 2. The van der Waals surface area contributed by atoms with Crippen LogP contribution >= 0.6 is 34.5 Å². The van der Waals surface area contributed by atoms with Gasteiger partial charge in [-0.1, -0.05) is 35.3 Å². The van der Waals surface area contributed by atoms with Crippen molar-refractivity contribution in [3.05, 3.63) is 62.7 Å². The Bertz CT molecular complexity index is 1040. The first-order valence-corrected chi connectivity index (χ1v) is 7.83. The van der Waals surface area contributed by atoms with Gasteiger partial charge in [-0.05, 0) is 30.3 Å². The molecule has 102 valence electrons. The fourth-order valence-electron chi connectivity index (χ4n) is 2.43. The molecule has 0 saturated carbocycles. The zero-order chi connectivity index (χ0) is 14.6. The van der Waals surface area contributed by atoms with E-state index in [9.17, 15) is 4.79 Å². The molecule has 0 amide bonds. The summed E-state index contributed by atoms with van der Waals surface area (Å²) in [5.41, 5.74) is 1.43. The molecule has 0 atom stereocenters. The van der Waals surface area contributed by atoms with Gasteiger partial charge in [-0.15, -0.1) is 11.3 Å². The van der Waals surface area contributed by atoms with Gasteiger partial charge in [-0.25, -0.2) is 4.98 Å². The van der Waals surface area contributed by atoms with Crippen LogP contribution in [0.15, 0.2) is 47.3 Å². The van der Waals surface area contributed by atoms with Gasteiger partial charge in [-0.3, -0.25) is 4.79 Å². The van der Waals surface area contributed by atoms with Crippen molar-refractivity contribution in [3.63, 3.8) is 0 Å². The topological polar surface area (TPSA) is 30.0 Å². The molecule has 2 nitrogen and oxygen atoms in total. The number of nitrogens with zero attached hydrogens (tertiary/aromatic N) is 1. The molecule has 0 unspecified atom stereocenters. The molecule has 1 aliphatic heterocycles. The molecule has 2 aromatic rings. The van der Waals surface area contributed by atoms with Crippen LogP contribution in [0.25, 0.3) is 31.6 Å². The highest BCUT2D eigenvalue weighted by Crippen LogP contribution is 2.39. The Morgan fingerprint density at radius 2 is 1.81 bits per heavy atom. The Balaban J connectivity index is 2.32. The van der Waals surface area contributed by atoms with Crippen LogP contribution in [-0.2, 0) is 0 Å². The summed E-state index contributed by atoms with van der Waals surface area (Å²) in [7, 11) is 0. The average molecular weight is 332 g/mol. The maximum Gasteiger partial charge on any atom is 0.206 e. The van der Waals surface area contributed by atoms with Crippen LogP contribution in [0.2, 0.25) is 10.0 Å². The fraction of sp³-hybridized carbons (Fsp3) is 0. The summed E-state index contributed by atoms with van der Waals surface area (Å²) >= 11 is 13.8. The van der Waals surface area contributed by atoms with Crippen molar-refractivity contribution < 1.29 is 0 Å². The van der Waals surface area contributed by atoms with E-state index in [-0.39, 0.29) is 10.5 Å². The minimum atomic E-state index is -0.177. The first-order chi connectivity index (χ1) is 10.1. The Morgan fingerprint density at radius 3 is 2.67 bits per heavy atom. The van der Waals surface area contributed by atoms with E-state index in [2.05, 4.69) is 4.98 Å².